The number of nitrogens with one attached hydrogen (secondary N) is 1. The third-order valence-corrected chi connectivity index (χ3v) is 5.72. The molecule has 3 rings (SSSR count). The third-order valence-electron chi connectivity index (χ3n) is 4.78. The molecule has 7 heteroatoms. The molecule has 4 nitrogen and oxygen atoms in total. The predicted molar refractivity (Wildman–Crippen MR) is 115 cm³/mol. The number of rotatable bonds is 7. The number of methoxy groups -OCH3 is 1. The number of thiazole rings is 1. The number of piperidine rings is 1. The Morgan fingerprint density at radius 2 is 1.88 bits per heavy atom. The molecular formula is C19H29Cl2N3OS. The first kappa shape index (κ1) is 23.2. The van der Waals surface area contributed by atoms with Crippen molar-refractivity contribution in [1.29, 1.82) is 0 Å². The molecule has 1 saturated heterocycles. The molecule has 1 aliphatic rings. The van der Waals surface area contributed by atoms with Crippen LogP contribution in [-0.4, -0.2) is 43.7 Å². The number of ether oxygens (including phenoxy) is 1. The summed E-state index contributed by atoms with van der Waals surface area (Å²) in [6, 6.07) is 8.14. The molecule has 146 valence electrons. The van der Waals surface area contributed by atoms with E-state index in [-0.39, 0.29) is 24.8 Å². The van der Waals surface area contributed by atoms with Crippen molar-refractivity contribution in [2.24, 2.45) is 5.92 Å². The highest BCUT2D eigenvalue weighted by atomic mass is 35.5. The van der Waals surface area contributed by atoms with Crippen LogP contribution < -0.4 is 10.1 Å². The Balaban J connectivity index is 0.00000169. The Bertz CT molecular complexity index is 628. The average molecular weight is 418 g/mol. The summed E-state index contributed by atoms with van der Waals surface area (Å²) in [5.74, 6) is 1.77. The van der Waals surface area contributed by atoms with E-state index in [2.05, 4.69) is 27.7 Å². The quantitative estimate of drug-likeness (QED) is 0.719. The van der Waals surface area contributed by atoms with Crippen LogP contribution >= 0.6 is 36.2 Å². The zero-order valence-corrected chi connectivity index (χ0v) is 17.9. The summed E-state index contributed by atoms with van der Waals surface area (Å²) in [5.41, 5.74) is 2.36. The molecule has 1 N–H and O–H groups in total. The van der Waals surface area contributed by atoms with Crippen LogP contribution in [0.25, 0.3) is 10.6 Å². The van der Waals surface area contributed by atoms with Gasteiger partial charge < -0.3 is 10.1 Å². The third kappa shape index (κ3) is 6.39. The van der Waals surface area contributed by atoms with Gasteiger partial charge in [0.2, 0.25) is 0 Å². The maximum atomic E-state index is 5.22. The van der Waals surface area contributed by atoms with Crippen LogP contribution in [0.3, 0.4) is 0 Å². The molecule has 0 aliphatic carbocycles. The SMILES string of the molecule is CNCCC1CCN(Cc2csc(-c3ccc(OC)cc3)n2)CC1.Cl.Cl. The molecule has 2 heterocycles. The molecule has 0 saturated carbocycles. The molecule has 1 fully saturated rings. The van der Waals surface area contributed by atoms with Crippen LogP contribution in [0.15, 0.2) is 29.6 Å². The summed E-state index contributed by atoms with van der Waals surface area (Å²) >= 11 is 1.73. The monoisotopic (exact) mass is 417 g/mol. The minimum atomic E-state index is 0. The molecule has 0 radical (unpaired) electrons. The molecular weight excluding hydrogens is 389 g/mol. The number of aromatic nitrogens is 1. The minimum Gasteiger partial charge on any atom is -0.497 e. The first-order chi connectivity index (χ1) is 11.8. The zero-order valence-electron chi connectivity index (χ0n) is 15.4. The van der Waals surface area contributed by atoms with Crippen LogP contribution in [-0.2, 0) is 6.54 Å². The molecule has 1 aromatic carbocycles. The Labute approximate surface area is 173 Å². The summed E-state index contributed by atoms with van der Waals surface area (Å²) in [4.78, 5) is 7.37. The highest BCUT2D eigenvalue weighted by Crippen LogP contribution is 2.27. The molecule has 0 atom stereocenters. The lowest BCUT2D eigenvalue weighted by Crippen LogP contribution is -2.34. The molecule has 0 amide bonds. The second kappa shape index (κ2) is 11.8. The number of likely N-dealkylation sites (tertiary alicyclic amines) is 1. The van der Waals surface area contributed by atoms with Crippen LogP contribution in [0.4, 0.5) is 0 Å². The van der Waals surface area contributed by atoms with E-state index >= 15 is 0 Å². The van der Waals surface area contributed by atoms with E-state index in [0.717, 1.165) is 35.3 Å². The fraction of sp³-hybridized carbons (Fsp3) is 0.526. The normalized spacial score (nSPS) is 15.2. The van der Waals surface area contributed by atoms with Gasteiger partial charge in [-0.05, 0) is 76.1 Å². The summed E-state index contributed by atoms with van der Waals surface area (Å²) in [6.07, 6.45) is 3.94. The largest absolute Gasteiger partial charge is 0.497 e. The first-order valence-corrected chi connectivity index (χ1v) is 9.62. The maximum Gasteiger partial charge on any atom is 0.123 e. The zero-order chi connectivity index (χ0) is 16.8. The van der Waals surface area contributed by atoms with Gasteiger partial charge in [0.15, 0.2) is 0 Å². The Morgan fingerprint density at radius 1 is 1.19 bits per heavy atom. The number of hydrogen-bond acceptors (Lipinski definition) is 5. The number of hydrogen-bond donors (Lipinski definition) is 1. The second-order valence-corrected chi connectivity index (χ2v) is 7.34. The van der Waals surface area contributed by atoms with Gasteiger partial charge in [-0.15, -0.1) is 36.2 Å². The standard InChI is InChI=1S/C19H27N3OS.2ClH/c1-20-10-7-15-8-11-22(12-9-15)13-17-14-24-19(21-17)16-3-5-18(23-2)6-4-16;;/h3-6,14-15,20H,7-13H2,1-2H3;2*1H. The smallest absolute Gasteiger partial charge is 0.123 e. The van der Waals surface area contributed by atoms with Crippen molar-refractivity contribution in [3.63, 3.8) is 0 Å². The van der Waals surface area contributed by atoms with E-state index in [4.69, 9.17) is 9.72 Å². The van der Waals surface area contributed by atoms with Crippen LogP contribution in [0, 0.1) is 5.92 Å². The number of nitrogens with zero attached hydrogens (tertiary/aromatic N) is 2. The van der Waals surface area contributed by atoms with Gasteiger partial charge in [0.05, 0.1) is 12.8 Å². The maximum absolute atomic E-state index is 5.22. The first-order valence-electron chi connectivity index (χ1n) is 8.74. The van der Waals surface area contributed by atoms with Crippen molar-refractivity contribution in [3.05, 3.63) is 35.3 Å². The van der Waals surface area contributed by atoms with Gasteiger partial charge in [-0.3, -0.25) is 4.90 Å². The molecule has 0 spiro atoms. The molecule has 0 unspecified atom stereocenters. The number of halogens is 2. The highest BCUT2D eigenvalue weighted by molar-refractivity contribution is 7.13. The molecule has 0 bridgehead atoms. The lowest BCUT2D eigenvalue weighted by molar-refractivity contribution is 0.171. The lowest BCUT2D eigenvalue weighted by atomic mass is 9.93. The summed E-state index contributed by atoms with van der Waals surface area (Å²) in [7, 11) is 3.73. The predicted octanol–water partition coefficient (Wildman–Crippen LogP) is 4.48. The average Bonchev–Trinajstić information content (AvgIpc) is 3.10. The van der Waals surface area contributed by atoms with E-state index in [1.807, 2.05) is 19.2 Å². The minimum absolute atomic E-state index is 0. The molecule has 1 aliphatic heterocycles. The van der Waals surface area contributed by atoms with E-state index in [1.54, 1.807) is 18.4 Å². The topological polar surface area (TPSA) is 37.4 Å². The Morgan fingerprint density at radius 3 is 2.50 bits per heavy atom. The van der Waals surface area contributed by atoms with Gasteiger partial charge in [0.25, 0.3) is 0 Å². The van der Waals surface area contributed by atoms with Gasteiger partial charge in [-0.1, -0.05) is 0 Å². The fourth-order valence-electron chi connectivity index (χ4n) is 3.26. The van der Waals surface area contributed by atoms with E-state index < -0.39 is 0 Å². The van der Waals surface area contributed by atoms with Crippen molar-refractivity contribution in [2.75, 3.05) is 33.8 Å². The second-order valence-electron chi connectivity index (χ2n) is 6.48. The molecule has 2 aromatic rings. The Hall–Kier alpha value is -0.850. The van der Waals surface area contributed by atoms with Gasteiger partial charge in [-0.2, -0.15) is 0 Å². The van der Waals surface area contributed by atoms with Crippen molar-refractivity contribution in [1.82, 2.24) is 15.2 Å². The number of benzene rings is 1. The van der Waals surface area contributed by atoms with Gasteiger partial charge in [0.1, 0.15) is 10.8 Å². The van der Waals surface area contributed by atoms with Crippen LogP contribution in [0.5, 0.6) is 5.75 Å². The van der Waals surface area contributed by atoms with E-state index in [0.29, 0.717) is 0 Å². The van der Waals surface area contributed by atoms with Gasteiger partial charge >= 0.3 is 0 Å². The molecule has 1 aromatic heterocycles. The summed E-state index contributed by atoms with van der Waals surface area (Å²) in [6.45, 7) is 4.51. The van der Waals surface area contributed by atoms with E-state index in [9.17, 15) is 0 Å². The summed E-state index contributed by atoms with van der Waals surface area (Å²) < 4.78 is 5.22. The lowest BCUT2D eigenvalue weighted by Gasteiger charge is -2.31. The highest BCUT2D eigenvalue weighted by Gasteiger charge is 2.19. The van der Waals surface area contributed by atoms with E-state index in [1.165, 1.54) is 38.0 Å². The summed E-state index contributed by atoms with van der Waals surface area (Å²) in [5, 5.41) is 6.56. The van der Waals surface area contributed by atoms with Crippen LogP contribution in [0.2, 0.25) is 0 Å². The van der Waals surface area contributed by atoms with Crippen molar-refractivity contribution in [3.8, 4) is 16.3 Å². The molecule has 26 heavy (non-hydrogen) atoms. The fourth-order valence-corrected chi connectivity index (χ4v) is 4.07. The van der Waals surface area contributed by atoms with Gasteiger partial charge in [0, 0.05) is 17.5 Å². The van der Waals surface area contributed by atoms with Crippen molar-refractivity contribution >= 4 is 36.2 Å². The Kier molecular flexibility index (Phi) is 10.5. The van der Waals surface area contributed by atoms with Crippen molar-refractivity contribution in [2.45, 2.75) is 25.8 Å². The van der Waals surface area contributed by atoms with Gasteiger partial charge in [-0.25, -0.2) is 4.98 Å². The van der Waals surface area contributed by atoms with Crippen LogP contribution in [0.1, 0.15) is 25.0 Å². The van der Waals surface area contributed by atoms with Crippen molar-refractivity contribution < 1.29 is 4.74 Å².